The van der Waals surface area contributed by atoms with E-state index < -0.39 is 12.0 Å². The first kappa shape index (κ1) is 16.0. The van der Waals surface area contributed by atoms with E-state index in [2.05, 4.69) is 10.3 Å². The predicted molar refractivity (Wildman–Crippen MR) is 80.4 cm³/mol. The van der Waals surface area contributed by atoms with Crippen molar-refractivity contribution in [2.45, 2.75) is 38.7 Å². The van der Waals surface area contributed by atoms with Gasteiger partial charge in [0, 0.05) is 6.20 Å². The number of aromatic nitrogens is 1. The molecule has 1 N–H and O–H groups in total. The van der Waals surface area contributed by atoms with Crippen LogP contribution < -0.4 is 5.32 Å². The van der Waals surface area contributed by atoms with Crippen molar-refractivity contribution < 1.29 is 14.3 Å². The standard InChI is InChI=1S/C14H16Cl2N2O3/c1-8(21-14(20)9-4-2-3-5-9)13(19)18-12-11(16)6-10(15)7-17-12/h6-9H,2-5H2,1H3,(H,17,18,19)/t8-/m0/s1. The van der Waals surface area contributed by atoms with E-state index in [1.165, 1.54) is 19.2 Å². The Labute approximate surface area is 133 Å². The molecule has 1 saturated carbocycles. The van der Waals surface area contributed by atoms with Crippen LogP contribution >= 0.6 is 23.2 Å². The number of anilines is 1. The normalized spacial score (nSPS) is 16.5. The molecule has 21 heavy (non-hydrogen) atoms. The molecule has 7 heteroatoms. The third-order valence-corrected chi connectivity index (χ3v) is 3.89. The van der Waals surface area contributed by atoms with Crippen molar-refractivity contribution >= 4 is 40.9 Å². The summed E-state index contributed by atoms with van der Waals surface area (Å²) in [5.74, 6) is -0.685. The van der Waals surface area contributed by atoms with Gasteiger partial charge in [-0.1, -0.05) is 36.0 Å². The highest BCUT2D eigenvalue weighted by molar-refractivity contribution is 6.36. The summed E-state index contributed by atoms with van der Waals surface area (Å²) in [7, 11) is 0. The van der Waals surface area contributed by atoms with Gasteiger partial charge in [0.05, 0.1) is 16.0 Å². The van der Waals surface area contributed by atoms with Crippen LogP contribution in [0.15, 0.2) is 12.3 Å². The van der Waals surface area contributed by atoms with Crippen molar-refractivity contribution in [2.24, 2.45) is 5.92 Å². The number of carbonyl (C=O) groups excluding carboxylic acids is 2. The average molecular weight is 331 g/mol. The first-order chi connectivity index (χ1) is 9.97. The fraction of sp³-hybridized carbons (Fsp3) is 0.500. The van der Waals surface area contributed by atoms with Crippen LogP contribution in [0.4, 0.5) is 5.82 Å². The Morgan fingerprint density at radius 1 is 1.38 bits per heavy atom. The molecule has 0 aliphatic heterocycles. The molecule has 1 heterocycles. The maximum absolute atomic E-state index is 12.0. The van der Waals surface area contributed by atoms with Gasteiger partial charge in [-0.15, -0.1) is 0 Å². The molecule has 0 unspecified atom stereocenters. The quantitative estimate of drug-likeness (QED) is 0.858. The first-order valence-electron chi connectivity index (χ1n) is 6.80. The molecule has 1 amide bonds. The second kappa shape index (κ2) is 7.09. The van der Waals surface area contributed by atoms with Crippen LogP contribution in [-0.2, 0) is 14.3 Å². The topological polar surface area (TPSA) is 68.3 Å². The zero-order valence-corrected chi connectivity index (χ0v) is 13.1. The van der Waals surface area contributed by atoms with Gasteiger partial charge in [-0.2, -0.15) is 0 Å². The maximum atomic E-state index is 12.0. The average Bonchev–Trinajstić information content (AvgIpc) is 2.95. The molecule has 1 fully saturated rings. The Balaban J connectivity index is 1.91. The molecule has 0 spiro atoms. The number of hydrogen-bond acceptors (Lipinski definition) is 4. The molecule has 0 saturated heterocycles. The smallest absolute Gasteiger partial charge is 0.309 e. The van der Waals surface area contributed by atoms with Crippen LogP contribution in [0.25, 0.3) is 0 Å². The molecule has 0 aromatic carbocycles. The monoisotopic (exact) mass is 330 g/mol. The Hall–Kier alpha value is -1.33. The van der Waals surface area contributed by atoms with Gasteiger partial charge in [0.1, 0.15) is 0 Å². The summed E-state index contributed by atoms with van der Waals surface area (Å²) in [4.78, 5) is 27.8. The molecule has 114 valence electrons. The molecule has 0 radical (unpaired) electrons. The minimum Gasteiger partial charge on any atom is -0.452 e. The molecule has 1 aliphatic carbocycles. The molecule has 5 nitrogen and oxygen atoms in total. The fourth-order valence-electron chi connectivity index (χ4n) is 2.21. The van der Waals surface area contributed by atoms with Crippen LogP contribution in [0, 0.1) is 5.92 Å². The lowest BCUT2D eigenvalue weighted by molar-refractivity contribution is -0.157. The number of ether oxygens (including phenoxy) is 1. The number of pyridine rings is 1. The lowest BCUT2D eigenvalue weighted by Crippen LogP contribution is -2.32. The summed E-state index contributed by atoms with van der Waals surface area (Å²) >= 11 is 11.6. The second-order valence-electron chi connectivity index (χ2n) is 5.03. The zero-order chi connectivity index (χ0) is 15.4. The highest BCUT2D eigenvalue weighted by atomic mass is 35.5. The minimum atomic E-state index is -0.897. The molecule has 2 rings (SSSR count). The van der Waals surface area contributed by atoms with Gasteiger partial charge in [0.15, 0.2) is 11.9 Å². The molecule has 1 aliphatic rings. The number of nitrogens with zero attached hydrogens (tertiary/aromatic N) is 1. The van der Waals surface area contributed by atoms with Gasteiger partial charge in [0.25, 0.3) is 5.91 Å². The van der Waals surface area contributed by atoms with Gasteiger partial charge in [-0.3, -0.25) is 9.59 Å². The van der Waals surface area contributed by atoms with E-state index in [-0.39, 0.29) is 22.7 Å². The number of amides is 1. The van der Waals surface area contributed by atoms with Crippen molar-refractivity contribution in [1.29, 1.82) is 0 Å². The van der Waals surface area contributed by atoms with Gasteiger partial charge < -0.3 is 10.1 Å². The molecule has 1 atom stereocenters. The van der Waals surface area contributed by atoms with E-state index >= 15 is 0 Å². The van der Waals surface area contributed by atoms with Gasteiger partial charge in [0.2, 0.25) is 0 Å². The Morgan fingerprint density at radius 3 is 2.67 bits per heavy atom. The summed E-state index contributed by atoms with van der Waals surface area (Å²) in [6, 6.07) is 1.47. The van der Waals surface area contributed by atoms with Crippen LogP contribution in [0.2, 0.25) is 10.0 Å². The first-order valence-corrected chi connectivity index (χ1v) is 7.55. The lowest BCUT2D eigenvalue weighted by atomic mass is 10.1. The summed E-state index contributed by atoms with van der Waals surface area (Å²) < 4.78 is 5.18. The highest BCUT2D eigenvalue weighted by Crippen LogP contribution is 2.26. The Bertz CT molecular complexity index is 545. The van der Waals surface area contributed by atoms with Crippen LogP contribution in [0.5, 0.6) is 0 Å². The number of esters is 1. The van der Waals surface area contributed by atoms with E-state index in [1.54, 1.807) is 0 Å². The lowest BCUT2D eigenvalue weighted by Gasteiger charge is -2.16. The summed E-state index contributed by atoms with van der Waals surface area (Å²) in [5, 5.41) is 3.12. The third kappa shape index (κ3) is 4.32. The Morgan fingerprint density at radius 2 is 2.05 bits per heavy atom. The summed E-state index contributed by atoms with van der Waals surface area (Å²) in [6.45, 7) is 1.52. The highest BCUT2D eigenvalue weighted by Gasteiger charge is 2.27. The van der Waals surface area contributed by atoms with Crippen molar-refractivity contribution in [2.75, 3.05) is 5.32 Å². The van der Waals surface area contributed by atoms with Gasteiger partial charge in [-0.25, -0.2) is 4.98 Å². The largest absolute Gasteiger partial charge is 0.452 e. The number of carbonyl (C=O) groups is 2. The Kier molecular flexibility index (Phi) is 5.42. The molecule has 1 aromatic heterocycles. The van der Waals surface area contributed by atoms with Crippen molar-refractivity contribution in [3.63, 3.8) is 0 Å². The number of rotatable bonds is 4. The molecule has 0 bridgehead atoms. The van der Waals surface area contributed by atoms with Crippen molar-refractivity contribution in [3.05, 3.63) is 22.3 Å². The number of halogens is 2. The zero-order valence-electron chi connectivity index (χ0n) is 11.6. The maximum Gasteiger partial charge on any atom is 0.309 e. The summed E-state index contributed by atoms with van der Waals surface area (Å²) in [5.41, 5.74) is 0. The third-order valence-electron chi connectivity index (χ3n) is 3.40. The van der Waals surface area contributed by atoms with Crippen molar-refractivity contribution in [1.82, 2.24) is 4.98 Å². The van der Waals surface area contributed by atoms with Gasteiger partial charge >= 0.3 is 5.97 Å². The van der Waals surface area contributed by atoms with Gasteiger partial charge in [-0.05, 0) is 25.8 Å². The predicted octanol–water partition coefficient (Wildman–Crippen LogP) is 3.45. The van der Waals surface area contributed by atoms with E-state index in [4.69, 9.17) is 27.9 Å². The van der Waals surface area contributed by atoms with E-state index in [9.17, 15) is 9.59 Å². The summed E-state index contributed by atoms with van der Waals surface area (Å²) in [6.07, 6.45) is 4.20. The second-order valence-corrected chi connectivity index (χ2v) is 5.88. The van der Waals surface area contributed by atoms with E-state index in [1.807, 2.05) is 0 Å². The van der Waals surface area contributed by atoms with Crippen molar-refractivity contribution in [3.8, 4) is 0 Å². The SMILES string of the molecule is C[C@H](OC(=O)C1CCCC1)C(=O)Nc1ncc(Cl)cc1Cl. The van der Waals surface area contributed by atoms with E-state index in [0.717, 1.165) is 25.7 Å². The number of nitrogens with one attached hydrogen (secondary N) is 1. The molecule has 1 aromatic rings. The van der Waals surface area contributed by atoms with Crippen LogP contribution in [0.1, 0.15) is 32.6 Å². The van der Waals surface area contributed by atoms with E-state index in [0.29, 0.717) is 5.02 Å². The molecular formula is C14H16Cl2N2O3. The van der Waals surface area contributed by atoms with Crippen LogP contribution in [0.3, 0.4) is 0 Å². The minimum absolute atomic E-state index is 0.0857. The fourth-order valence-corrected chi connectivity index (χ4v) is 2.64. The number of hydrogen-bond donors (Lipinski definition) is 1. The van der Waals surface area contributed by atoms with Crippen LogP contribution in [-0.4, -0.2) is 23.0 Å². The molecular weight excluding hydrogens is 315 g/mol.